The van der Waals surface area contributed by atoms with Crippen molar-refractivity contribution < 1.29 is 13.2 Å². The molecule has 2 aromatic carbocycles. The number of carbonyl (C=O) groups is 1. The number of aromatic nitrogens is 2. The molecule has 0 aliphatic carbocycles. The minimum Gasteiger partial charge on any atom is -0.329 e. The zero-order valence-corrected chi connectivity index (χ0v) is 15.8. The monoisotopic (exact) mass is 387 g/mol. The molecule has 1 heterocycles. The summed E-state index contributed by atoms with van der Waals surface area (Å²) in [6, 6.07) is 12.9. The summed E-state index contributed by atoms with van der Waals surface area (Å²) in [6.45, 7) is 1.44. The Kier molecular flexibility index (Phi) is 5.15. The van der Waals surface area contributed by atoms with Crippen molar-refractivity contribution in [2.75, 3.05) is 4.72 Å². The lowest BCUT2D eigenvalue weighted by Crippen LogP contribution is -2.13. The predicted octanol–water partition coefficient (Wildman–Crippen LogP) is 3.57. The van der Waals surface area contributed by atoms with Gasteiger partial charge in [-0.15, -0.1) is 0 Å². The Hall–Kier alpha value is -2.58. The minimum atomic E-state index is -3.71. The summed E-state index contributed by atoms with van der Waals surface area (Å²) in [7, 11) is -1.80. The highest BCUT2D eigenvalue weighted by molar-refractivity contribution is 7.99. The standard InChI is InChI=1S/C18H17N3O3S2/c1-13(22)14-3-9-17(10-4-14)26(23,24)20-15-5-7-16(8-6-15)25-18-19-11-12-21(18)2/h3-12,20H,1-2H3. The second kappa shape index (κ2) is 7.35. The van der Waals surface area contributed by atoms with Crippen molar-refractivity contribution in [1.82, 2.24) is 9.55 Å². The highest BCUT2D eigenvalue weighted by atomic mass is 32.2. The van der Waals surface area contributed by atoms with E-state index >= 15 is 0 Å². The average Bonchev–Trinajstić information content (AvgIpc) is 3.01. The number of ketones is 1. The fourth-order valence-corrected chi connectivity index (χ4v) is 4.09. The maximum Gasteiger partial charge on any atom is 0.261 e. The summed E-state index contributed by atoms with van der Waals surface area (Å²) in [5.74, 6) is -0.109. The highest BCUT2D eigenvalue weighted by Gasteiger charge is 2.14. The average molecular weight is 387 g/mol. The summed E-state index contributed by atoms with van der Waals surface area (Å²) in [6.07, 6.45) is 3.59. The summed E-state index contributed by atoms with van der Waals surface area (Å²) in [5.41, 5.74) is 0.935. The lowest BCUT2D eigenvalue weighted by Gasteiger charge is -2.09. The maximum absolute atomic E-state index is 12.5. The normalized spacial score (nSPS) is 11.3. The van der Waals surface area contributed by atoms with E-state index in [0.29, 0.717) is 11.3 Å². The molecular weight excluding hydrogens is 370 g/mol. The summed E-state index contributed by atoms with van der Waals surface area (Å²) in [5, 5.41) is 0.851. The zero-order valence-electron chi connectivity index (χ0n) is 14.2. The van der Waals surface area contributed by atoms with Gasteiger partial charge in [0.05, 0.1) is 4.90 Å². The first-order valence-electron chi connectivity index (χ1n) is 7.74. The lowest BCUT2D eigenvalue weighted by molar-refractivity contribution is 0.101. The number of rotatable bonds is 6. The van der Waals surface area contributed by atoms with E-state index < -0.39 is 10.0 Å². The number of carbonyl (C=O) groups excluding carboxylic acids is 1. The van der Waals surface area contributed by atoms with Crippen LogP contribution in [0.4, 0.5) is 5.69 Å². The second-order valence-electron chi connectivity index (χ2n) is 5.63. The molecule has 0 atom stereocenters. The molecule has 0 aliphatic rings. The molecule has 0 unspecified atom stereocenters. The molecule has 0 fully saturated rings. The summed E-state index contributed by atoms with van der Waals surface area (Å²) < 4.78 is 29.4. The van der Waals surface area contributed by atoms with Gasteiger partial charge in [-0.1, -0.05) is 23.9 Å². The van der Waals surface area contributed by atoms with Gasteiger partial charge in [0.1, 0.15) is 0 Å². The number of benzene rings is 2. The molecule has 8 heteroatoms. The van der Waals surface area contributed by atoms with E-state index in [1.54, 1.807) is 18.3 Å². The third kappa shape index (κ3) is 4.14. The Morgan fingerprint density at radius 1 is 1.08 bits per heavy atom. The third-order valence-electron chi connectivity index (χ3n) is 3.66. The number of aryl methyl sites for hydroxylation is 1. The molecular formula is C18H17N3O3S2. The molecule has 0 bridgehead atoms. The van der Waals surface area contributed by atoms with Gasteiger partial charge in [-0.3, -0.25) is 9.52 Å². The summed E-state index contributed by atoms with van der Waals surface area (Å²) in [4.78, 5) is 16.6. The van der Waals surface area contributed by atoms with Crippen molar-refractivity contribution in [1.29, 1.82) is 0 Å². The molecule has 3 rings (SSSR count). The predicted molar refractivity (Wildman–Crippen MR) is 101 cm³/mol. The van der Waals surface area contributed by atoms with Crippen molar-refractivity contribution in [3.8, 4) is 0 Å². The molecule has 3 aromatic rings. The molecule has 6 nitrogen and oxygen atoms in total. The number of sulfonamides is 1. The van der Waals surface area contributed by atoms with Crippen molar-refractivity contribution in [3.63, 3.8) is 0 Å². The number of nitrogens with zero attached hydrogens (tertiary/aromatic N) is 2. The van der Waals surface area contributed by atoms with Crippen LogP contribution < -0.4 is 4.72 Å². The van der Waals surface area contributed by atoms with E-state index in [1.807, 2.05) is 29.9 Å². The fourth-order valence-electron chi connectivity index (χ4n) is 2.23. The van der Waals surface area contributed by atoms with Crippen molar-refractivity contribution >= 4 is 33.3 Å². The minimum absolute atomic E-state index is 0.106. The number of imidazole rings is 1. The van der Waals surface area contributed by atoms with Crippen LogP contribution in [0.2, 0.25) is 0 Å². The van der Waals surface area contributed by atoms with Gasteiger partial charge in [0.2, 0.25) is 0 Å². The SMILES string of the molecule is CC(=O)c1ccc(S(=O)(=O)Nc2ccc(Sc3nccn3C)cc2)cc1. The Labute approximate surface area is 156 Å². The fraction of sp³-hybridized carbons (Fsp3) is 0.111. The molecule has 1 aromatic heterocycles. The van der Waals surface area contributed by atoms with Gasteiger partial charge >= 0.3 is 0 Å². The Bertz CT molecular complexity index is 1020. The maximum atomic E-state index is 12.5. The van der Waals surface area contributed by atoms with Gasteiger partial charge in [0.25, 0.3) is 10.0 Å². The van der Waals surface area contributed by atoms with Crippen LogP contribution in [0.5, 0.6) is 0 Å². The highest BCUT2D eigenvalue weighted by Crippen LogP contribution is 2.27. The molecule has 1 N–H and O–H groups in total. The Balaban J connectivity index is 1.73. The van der Waals surface area contributed by atoms with Crippen LogP contribution in [0.1, 0.15) is 17.3 Å². The first-order chi connectivity index (χ1) is 12.3. The largest absolute Gasteiger partial charge is 0.329 e. The van der Waals surface area contributed by atoms with Crippen LogP contribution in [-0.4, -0.2) is 23.8 Å². The first kappa shape index (κ1) is 18.2. The number of nitrogens with one attached hydrogen (secondary N) is 1. The molecule has 0 aliphatic heterocycles. The smallest absolute Gasteiger partial charge is 0.261 e. The van der Waals surface area contributed by atoms with E-state index in [0.717, 1.165) is 10.1 Å². The molecule has 0 saturated carbocycles. The van der Waals surface area contributed by atoms with Gasteiger partial charge in [-0.25, -0.2) is 13.4 Å². The quantitative estimate of drug-likeness (QED) is 0.654. The van der Waals surface area contributed by atoms with Gasteiger partial charge in [-0.05, 0) is 43.3 Å². The molecule has 0 saturated heterocycles. The van der Waals surface area contributed by atoms with Crippen molar-refractivity contribution in [2.24, 2.45) is 7.05 Å². The number of hydrogen-bond acceptors (Lipinski definition) is 5. The van der Waals surface area contributed by atoms with E-state index in [4.69, 9.17) is 0 Å². The molecule has 134 valence electrons. The van der Waals surface area contributed by atoms with Crippen molar-refractivity contribution in [3.05, 3.63) is 66.5 Å². The van der Waals surface area contributed by atoms with Gasteiger partial charge in [0.15, 0.2) is 10.9 Å². The number of anilines is 1. The summed E-state index contributed by atoms with van der Waals surface area (Å²) >= 11 is 1.49. The Morgan fingerprint density at radius 3 is 2.27 bits per heavy atom. The van der Waals surface area contributed by atoms with E-state index in [1.165, 1.54) is 43.0 Å². The number of hydrogen-bond donors (Lipinski definition) is 1. The van der Waals surface area contributed by atoms with Crippen LogP contribution in [0.15, 0.2) is 75.9 Å². The number of Topliss-reactive ketones (excluding diaryl/α,β-unsaturated/α-hetero) is 1. The van der Waals surface area contributed by atoms with Crippen LogP contribution in [-0.2, 0) is 17.1 Å². The van der Waals surface area contributed by atoms with E-state index in [2.05, 4.69) is 9.71 Å². The van der Waals surface area contributed by atoms with Gasteiger partial charge < -0.3 is 4.57 Å². The Morgan fingerprint density at radius 2 is 1.73 bits per heavy atom. The van der Waals surface area contributed by atoms with Gasteiger partial charge in [-0.2, -0.15) is 0 Å². The third-order valence-corrected chi connectivity index (χ3v) is 6.14. The zero-order chi connectivity index (χ0) is 18.7. The van der Waals surface area contributed by atoms with Crippen molar-refractivity contribution in [2.45, 2.75) is 21.9 Å². The molecule has 26 heavy (non-hydrogen) atoms. The molecule has 0 radical (unpaired) electrons. The lowest BCUT2D eigenvalue weighted by atomic mass is 10.2. The first-order valence-corrected chi connectivity index (χ1v) is 10.0. The van der Waals surface area contributed by atoms with Gasteiger partial charge in [0, 0.05) is 35.6 Å². The van der Waals surface area contributed by atoms with E-state index in [-0.39, 0.29) is 10.7 Å². The van der Waals surface area contributed by atoms with Crippen LogP contribution in [0, 0.1) is 0 Å². The topological polar surface area (TPSA) is 81.1 Å². The van der Waals surface area contributed by atoms with Crippen LogP contribution in [0.25, 0.3) is 0 Å². The second-order valence-corrected chi connectivity index (χ2v) is 8.36. The van der Waals surface area contributed by atoms with E-state index in [9.17, 15) is 13.2 Å². The molecule has 0 amide bonds. The molecule has 0 spiro atoms. The van der Waals surface area contributed by atoms with Crippen LogP contribution >= 0.6 is 11.8 Å². The van der Waals surface area contributed by atoms with Crippen LogP contribution in [0.3, 0.4) is 0 Å².